The van der Waals surface area contributed by atoms with E-state index in [1.807, 2.05) is 0 Å². The maximum absolute atomic E-state index is 12.9. The summed E-state index contributed by atoms with van der Waals surface area (Å²) in [7, 11) is 0. The fraction of sp³-hybridized carbons (Fsp3) is 0.273. The van der Waals surface area contributed by atoms with Gasteiger partial charge in [-0.3, -0.25) is 9.59 Å². The Balaban J connectivity index is 2.51. The fourth-order valence-corrected chi connectivity index (χ4v) is 1.28. The van der Waals surface area contributed by atoms with Crippen LogP contribution >= 0.6 is 0 Å². The maximum Gasteiger partial charge on any atom is 0.322 e. The first-order valence-corrected chi connectivity index (χ1v) is 5.27. The molecule has 0 aromatic heterocycles. The Hall–Kier alpha value is -2.15. The van der Waals surface area contributed by atoms with Crippen molar-refractivity contribution in [2.75, 3.05) is 5.43 Å². The highest BCUT2D eigenvalue weighted by Gasteiger charge is 2.17. The predicted molar refractivity (Wildman–Crippen MR) is 63.0 cm³/mol. The van der Waals surface area contributed by atoms with Gasteiger partial charge in [0, 0.05) is 6.42 Å². The van der Waals surface area contributed by atoms with E-state index in [-0.39, 0.29) is 12.8 Å². The molecule has 0 heterocycles. The largest absolute Gasteiger partial charge is 0.480 e. The van der Waals surface area contributed by atoms with Crippen molar-refractivity contribution in [1.29, 1.82) is 0 Å². The lowest BCUT2D eigenvalue weighted by molar-refractivity contribution is -0.139. The third kappa shape index (κ3) is 4.79. The second-order valence-corrected chi connectivity index (χ2v) is 3.68. The van der Waals surface area contributed by atoms with E-state index in [1.54, 1.807) is 6.07 Å². The van der Waals surface area contributed by atoms with Crippen LogP contribution in [0, 0.1) is 5.82 Å². The topological polar surface area (TPSA) is 104 Å². The SMILES string of the molecule is NC(=O)CC[C@H](NNc1cccc(F)c1)C(=O)O. The molecule has 18 heavy (non-hydrogen) atoms. The average Bonchev–Trinajstić information content (AvgIpc) is 2.28. The molecule has 1 rings (SSSR count). The molecule has 0 aliphatic heterocycles. The molecule has 0 saturated heterocycles. The summed E-state index contributed by atoms with van der Waals surface area (Å²) in [6.45, 7) is 0. The van der Waals surface area contributed by atoms with Crippen LogP contribution in [0.5, 0.6) is 0 Å². The van der Waals surface area contributed by atoms with Gasteiger partial charge in [0.2, 0.25) is 5.91 Å². The van der Waals surface area contributed by atoms with Crippen LogP contribution in [0.2, 0.25) is 0 Å². The van der Waals surface area contributed by atoms with Gasteiger partial charge in [-0.05, 0) is 24.6 Å². The summed E-state index contributed by atoms with van der Waals surface area (Å²) in [5, 5.41) is 8.89. The molecule has 0 spiro atoms. The van der Waals surface area contributed by atoms with Crippen LogP contribution < -0.4 is 16.6 Å². The molecule has 0 saturated carbocycles. The molecule has 7 heteroatoms. The summed E-state index contributed by atoms with van der Waals surface area (Å²) in [4.78, 5) is 21.4. The van der Waals surface area contributed by atoms with Crippen LogP contribution in [0.15, 0.2) is 24.3 Å². The minimum absolute atomic E-state index is 0.0468. The highest BCUT2D eigenvalue weighted by atomic mass is 19.1. The summed E-state index contributed by atoms with van der Waals surface area (Å²) in [5.41, 5.74) is 10.4. The van der Waals surface area contributed by atoms with E-state index in [0.29, 0.717) is 5.69 Å². The standard InChI is InChI=1S/C11H14FN3O3/c12-7-2-1-3-8(6-7)14-15-9(11(17)18)4-5-10(13)16/h1-3,6,9,14-15H,4-5H2,(H2,13,16)(H,17,18)/t9-/m0/s1. The molecule has 1 atom stereocenters. The molecule has 1 aromatic rings. The summed E-state index contributed by atoms with van der Waals surface area (Å²) < 4.78 is 12.9. The van der Waals surface area contributed by atoms with Crippen LogP contribution in [0.1, 0.15) is 12.8 Å². The Morgan fingerprint density at radius 1 is 1.44 bits per heavy atom. The number of halogens is 1. The number of anilines is 1. The van der Waals surface area contributed by atoms with Gasteiger partial charge < -0.3 is 16.3 Å². The predicted octanol–water partition coefficient (Wildman–Crippen LogP) is 0.461. The highest BCUT2D eigenvalue weighted by molar-refractivity contribution is 5.77. The number of nitrogens with two attached hydrogens (primary N) is 1. The Morgan fingerprint density at radius 2 is 2.17 bits per heavy atom. The van der Waals surface area contributed by atoms with E-state index in [4.69, 9.17) is 10.8 Å². The number of carbonyl (C=O) groups excluding carboxylic acids is 1. The summed E-state index contributed by atoms with van der Waals surface area (Å²) in [5.74, 6) is -2.14. The van der Waals surface area contributed by atoms with Crippen LogP contribution in [-0.2, 0) is 9.59 Å². The molecular formula is C11H14FN3O3. The number of aliphatic carboxylic acids is 1. The van der Waals surface area contributed by atoms with Gasteiger partial charge in [0.15, 0.2) is 0 Å². The van der Waals surface area contributed by atoms with Crippen LogP contribution in [-0.4, -0.2) is 23.0 Å². The van der Waals surface area contributed by atoms with Gasteiger partial charge in [0.25, 0.3) is 0 Å². The molecule has 0 aliphatic rings. The molecule has 0 fully saturated rings. The van der Waals surface area contributed by atoms with E-state index < -0.39 is 23.7 Å². The zero-order valence-corrected chi connectivity index (χ0v) is 9.52. The van der Waals surface area contributed by atoms with Crippen LogP contribution in [0.25, 0.3) is 0 Å². The smallest absolute Gasteiger partial charge is 0.322 e. The molecule has 1 aromatic carbocycles. The Labute approximate surface area is 103 Å². The van der Waals surface area contributed by atoms with Gasteiger partial charge in [0.05, 0.1) is 5.69 Å². The maximum atomic E-state index is 12.9. The van der Waals surface area contributed by atoms with E-state index in [1.165, 1.54) is 18.2 Å². The molecule has 0 unspecified atom stereocenters. The van der Waals surface area contributed by atoms with Crippen molar-refractivity contribution in [2.24, 2.45) is 5.73 Å². The molecule has 5 N–H and O–H groups in total. The first-order chi connectivity index (χ1) is 8.49. The number of rotatable bonds is 7. The molecular weight excluding hydrogens is 241 g/mol. The number of carbonyl (C=O) groups is 2. The van der Waals surface area contributed by atoms with Crippen molar-refractivity contribution >= 4 is 17.6 Å². The minimum Gasteiger partial charge on any atom is -0.480 e. The van der Waals surface area contributed by atoms with E-state index >= 15 is 0 Å². The lowest BCUT2D eigenvalue weighted by Crippen LogP contribution is -2.41. The van der Waals surface area contributed by atoms with Gasteiger partial charge in [0.1, 0.15) is 11.9 Å². The number of hydrogen-bond acceptors (Lipinski definition) is 4. The zero-order chi connectivity index (χ0) is 13.5. The van der Waals surface area contributed by atoms with Crippen LogP contribution in [0.4, 0.5) is 10.1 Å². The van der Waals surface area contributed by atoms with Crippen molar-refractivity contribution < 1.29 is 19.1 Å². The third-order valence-corrected chi connectivity index (χ3v) is 2.19. The van der Waals surface area contributed by atoms with E-state index in [0.717, 1.165) is 0 Å². The van der Waals surface area contributed by atoms with Crippen molar-refractivity contribution in [3.05, 3.63) is 30.1 Å². The monoisotopic (exact) mass is 255 g/mol. The number of primary amides is 1. The Kier molecular flexibility index (Phi) is 5.06. The van der Waals surface area contributed by atoms with Gasteiger partial charge in [-0.25, -0.2) is 9.82 Å². The second-order valence-electron chi connectivity index (χ2n) is 3.68. The quantitative estimate of drug-likeness (QED) is 0.530. The zero-order valence-electron chi connectivity index (χ0n) is 9.52. The van der Waals surface area contributed by atoms with Crippen molar-refractivity contribution in [3.63, 3.8) is 0 Å². The molecule has 0 aliphatic carbocycles. The number of carboxylic acids is 1. The molecule has 1 amide bonds. The normalized spacial score (nSPS) is 11.8. The average molecular weight is 255 g/mol. The van der Waals surface area contributed by atoms with E-state index in [2.05, 4.69) is 10.9 Å². The Morgan fingerprint density at radius 3 is 2.72 bits per heavy atom. The van der Waals surface area contributed by atoms with Crippen LogP contribution in [0.3, 0.4) is 0 Å². The lowest BCUT2D eigenvalue weighted by atomic mass is 10.1. The molecule has 6 nitrogen and oxygen atoms in total. The summed E-state index contributed by atoms with van der Waals surface area (Å²) in [6, 6.07) is 4.55. The van der Waals surface area contributed by atoms with Gasteiger partial charge >= 0.3 is 5.97 Å². The minimum atomic E-state index is -1.12. The van der Waals surface area contributed by atoms with Crippen molar-refractivity contribution in [3.8, 4) is 0 Å². The van der Waals surface area contributed by atoms with Gasteiger partial charge in [-0.1, -0.05) is 6.07 Å². The number of amides is 1. The van der Waals surface area contributed by atoms with Gasteiger partial charge in [-0.15, -0.1) is 0 Å². The number of carboxylic acid groups (broad SMARTS) is 1. The van der Waals surface area contributed by atoms with Gasteiger partial charge in [-0.2, -0.15) is 0 Å². The highest BCUT2D eigenvalue weighted by Crippen LogP contribution is 2.08. The molecule has 0 bridgehead atoms. The summed E-state index contributed by atoms with van der Waals surface area (Å²) in [6.07, 6.45) is 0.00177. The fourth-order valence-electron chi connectivity index (χ4n) is 1.28. The van der Waals surface area contributed by atoms with Crippen molar-refractivity contribution in [2.45, 2.75) is 18.9 Å². The number of nitrogens with one attached hydrogen (secondary N) is 2. The first-order valence-electron chi connectivity index (χ1n) is 5.27. The molecule has 0 radical (unpaired) electrons. The third-order valence-electron chi connectivity index (χ3n) is 2.19. The number of hydrazine groups is 1. The van der Waals surface area contributed by atoms with E-state index in [9.17, 15) is 14.0 Å². The summed E-state index contributed by atoms with van der Waals surface area (Å²) >= 11 is 0. The second kappa shape index (κ2) is 6.55. The first kappa shape index (κ1) is 13.9. The number of hydrogen-bond donors (Lipinski definition) is 4. The number of benzene rings is 1. The Bertz CT molecular complexity index is 439. The lowest BCUT2D eigenvalue weighted by Gasteiger charge is -2.15. The molecule has 98 valence electrons. The van der Waals surface area contributed by atoms with Crippen molar-refractivity contribution in [1.82, 2.24) is 5.43 Å².